The van der Waals surface area contributed by atoms with E-state index >= 15 is 0 Å². The molecule has 1 amide bonds. The van der Waals surface area contributed by atoms with Gasteiger partial charge in [-0.05, 0) is 12.6 Å². The molecule has 0 aromatic rings. The van der Waals surface area contributed by atoms with Gasteiger partial charge in [-0.25, -0.2) is 0 Å². The van der Waals surface area contributed by atoms with Crippen LogP contribution >= 0.6 is 0 Å². The third kappa shape index (κ3) is 5.14. The van der Waals surface area contributed by atoms with Crippen molar-refractivity contribution in [3.63, 3.8) is 0 Å². The smallest absolute Gasteiger partial charge is 0.239 e. The van der Waals surface area contributed by atoms with Crippen LogP contribution in [0.5, 0.6) is 0 Å². The van der Waals surface area contributed by atoms with Crippen LogP contribution in [0.4, 0.5) is 0 Å². The van der Waals surface area contributed by atoms with Gasteiger partial charge in [0.15, 0.2) is 0 Å². The Morgan fingerprint density at radius 3 is 2.88 bits per heavy atom. The topological polar surface area (TPSA) is 55.4 Å². The Morgan fingerprint density at radius 2 is 2.50 bits per heavy atom. The maximum atomic E-state index is 9.98. The summed E-state index contributed by atoms with van der Waals surface area (Å²) in [5.41, 5.74) is 4.78. The molecule has 0 radical (unpaired) electrons. The van der Waals surface area contributed by atoms with Crippen molar-refractivity contribution in [2.75, 3.05) is 6.54 Å². The van der Waals surface area contributed by atoms with Gasteiger partial charge in [-0.1, -0.05) is 6.92 Å². The molecule has 0 spiro atoms. The number of nitrogens with zero attached hydrogens (tertiary/aromatic N) is 1. The molecule has 0 aliphatic carbocycles. The molecule has 3 heteroatoms. The first-order valence-electron chi connectivity index (χ1n) is 2.54. The van der Waals surface area contributed by atoms with Crippen molar-refractivity contribution in [1.82, 2.24) is 0 Å². The normalized spacial score (nSPS) is 10.1. The fraction of sp³-hybridized carbons (Fsp3) is 0.600. The van der Waals surface area contributed by atoms with E-state index in [1.54, 1.807) is 6.21 Å². The van der Waals surface area contributed by atoms with Crippen molar-refractivity contribution in [2.24, 2.45) is 10.7 Å². The molecule has 0 saturated carbocycles. The molecule has 0 bridgehead atoms. The molecule has 0 unspecified atom stereocenters. The highest BCUT2D eigenvalue weighted by molar-refractivity contribution is 5.77. The van der Waals surface area contributed by atoms with Crippen LogP contribution in [0.25, 0.3) is 0 Å². The van der Waals surface area contributed by atoms with Gasteiger partial charge in [0.1, 0.15) is 6.54 Å². The molecular weight excluding hydrogens is 104 g/mol. The van der Waals surface area contributed by atoms with Crippen molar-refractivity contribution in [3.8, 4) is 0 Å². The van der Waals surface area contributed by atoms with E-state index in [0.717, 1.165) is 6.42 Å². The van der Waals surface area contributed by atoms with Crippen molar-refractivity contribution >= 4 is 12.1 Å². The molecule has 3 nitrogen and oxygen atoms in total. The van der Waals surface area contributed by atoms with Crippen LogP contribution < -0.4 is 5.73 Å². The van der Waals surface area contributed by atoms with E-state index in [1.165, 1.54) is 0 Å². The largest absolute Gasteiger partial charge is 0.368 e. The molecule has 0 fully saturated rings. The van der Waals surface area contributed by atoms with E-state index < -0.39 is 0 Å². The number of primary amides is 1. The van der Waals surface area contributed by atoms with Crippen LogP contribution in [-0.2, 0) is 4.79 Å². The summed E-state index contributed by atoms with van der Waals surface area (Å²) in [7, 11) is 0. The second-order valence-corrected chi connectivity index (χ2v) is 1.40. The lowest BCUT2D eigenvalue weighted by Gasteiger charge is -1.82. The van der Waals surface area contributed by atoms with Gasteiger partial charge in [0, 0.05) is 0 Å². The summed E-state index contributed by atoms with van der Waals surface area (Å²) in [5, 5.41) is 0. The van der Waals surface area contributed by atoms with Gasteiger partial charge in [0.25, 0.3) is 0 Å². The highest BCUT2D eigenvalue weighted by Gasteiger charge is 1.83. The van der Waals surface area contributed by atoms with Gasteiger partial charge in [0.05, 0.1) is 0 Å². The first-order valence-corrected chi connectivity index (χ1v) is 2.54. The van der Waals surface area contributed by atoms with Crippen LogP contribution in [0, 0.1) is 0 Å². The first kappa shape index (κ1) is 7.14. The van der Waals surface area contributed by atoms with Crippen LogP contribution in [-0.4, -0.2) is 18.7 Å². The highest BCUT2D eigenvalue weighted by atomic mass is 16.1. The number of hydrogen-bond acceptors (Lipinski definition) is 2. The van der Waals surface area contributed by atoms with Crippen LogP contribution in [0.2, 0.25) is 0 Å². The molecule has 46 valence electrons. The minimum atomic E-state index is -0.380. The van der Waals surface area contributed by atoms with E-state index in [1.807, 2.05) is 6.92 Å². The van der Waals surface area contributed by atoms with Gasteiger partial charge >= 0.3 is 0 Å². The summed E-state index contributed by atoms with van der Waals surface area (Å²) in [6, 6.07) is 0. The predicted molar refractivity (Wildman–Crippen MR) is 32.8 cm³/mol. The number of hydrogen-bond donors (Lipinski definition) is 1. The van der Waals surface area contributed by atoms with E-state index in [4.69, 9.17) is 5.73 Å². The molecule has 0 heterocycles. The van der Waals surface area contributed by atoms with Crippen molar-refractivity contribution in [3.05, 3.63) is 0 Å². The molecule has 2 N–H and O–H groups in total. The van der Waals surface area contributed by atoms with Gasteiger partial charge in [-0.2, -0.15) is 0 Å². The first-order chi connectivity index (χ1) is 3.77. The van der Waals surface area contributed by atoms with Crippen LogP contribution in [0.3, 0.4) is 0 Å². The van der Waals surface area contributed by atoms with Crippen molar-refractivity contribution < 1.29 is 4.79 Å². The average molecular weight is 114 g/mol. The van der Waals surface area contributed by atoms with Gasteiger partial charge in [-0.3, -0.25) is 9.79 Å². The monoisotopic (exact) mass is 114 g/mol. The Bertz CT molecular complexity index is 98.6. The Morgan fingerprint density at radius 1 is 1.88 bits per heavy atom. The van der Waals surface area contributed by atoms with E-state index in [2.05, 4.69) is 4.99 Å². The predicted octanol–water partition coefficient (Wildman–Crippen LogP) is -0.0475. The number of amides is 1. The Labute approximate surface area is 48.6 Å². The zero-order valence-electron chi connectivity index (χ0n) is 4.92. The molecule has 0 atom stereocenters. The minimum Gasteiger partial charge on any atom is -0.368 e. The number of aliphatic imine (C=N–C) groups is 1. The quantitative estimate of drug-likeness (QED) is 0.514. The Hall–Kier alpha value is -0.860. The maximum absolute atomic E-state index is 9.98. The van der Waals surface area contributed by atoms with Crippen molar-refractivity contribution in [2.45, 2.75) is 13.3 Å². The third-order valence-corrected chi connectivity index (χ3v) is 0.559. The summed E-state index contributed by atoms with van der Waals surface area (Å²) in [6.07, 6.45) is 2.53. The molecule has 0 aromatic heterocycles. The van der Waals surface area contributed by atoms with Crippen LogP contribution in [0.15, 0.2) is 4.99 Å². The molecular formula is C5H10N2O. The van der Waals surface area contributed by atoms with E-state index in [-0.39, 0.29) is 12.5 Å². The van der Waals surface area contributed by atoms with E-state index in [0.29, 0.717) is 0 Å². The van der Waals surface area contributed by atoms with E-state index in [9.17, 15) is 4.79 Å². The van der Waals surface area contributed by atoms with Crippen LogP contribution in [0.1, 0.15) is 13.3 Å². The fourth-order valence-electron chi connectivity index (χ4n) is 0.284. The fourth-order valence-corrected chi connectivity index (χ4v) is 0.284. The van der Waals surface area contributed by atoms with Gasteiger partial charge < -0.3 is 5.73 Å². The summed E-state index contributed by atoms with van der Waals surface area (Å²) in [4.78, 5) is 13.7. The third-order valence-electron chi connectivity index (χ3n) is 0.559. The lowest BCUT2D eigenvalue weighted by atomic mass is 10.5. The summed E-state index contributed by atoms with van der Waals surface area (Å²) in [5.74, 6) is -0.380. The molecule has 0 rings (SSSR count). The van der Waals surface area contributed by atoms with Crippen molar-refractivity contribution in [1.29, 1.82) is 0 Å². The number of rotatable bonds is 3. The number of carbonyl (C=O) groups is 1. The zero-order chi connectivity index (χ0) is 6.41. The number of carbonyl (C=O) groups excluding carboxylic acids is 1. The average Bonchev–Trinajstić information content (AvgIpc) is 1.66. The second-order valence-electron chi connectivity index (χ2n) is 1.40. The molecule has 0 aliphatic heterocycles. The lowest BCUT2D eigenvalue weighted by Crippen LogP contribution is -2.13. The molecule has 8 heavy (non-hydrogen) atoms. The SMILES string of the molecule is CCC=NCC(N)=O. The summed E-state index contributed by atoms with van der Waals surface area (Å²) >= 11 is 0. The Kier molecular flexibility index (Phi) is 3.84. The molecule has 0 aliphatic rings. The Balaban J connectivity index is 3.16. The molecule has 0 aromatic carbocycles. The zero-order valence-corrected chi connectivity index (χ0v) is 4.92. The minimum absolute atomic E-state index is 0.119. The second kappa shape index (κ2) is 4.30. The standard InChI is InChI=1S/C5H10N2O/c1-2-3-7-4-5(6)8/h3H,2,4H2,1H3,(H2,6,8). The maximum Gasteiger partial charge on any atom is 0.239 e. The molecule has 0 saturated heterocycles. The summed E-state index contributed by atoms with van der Waals surface area (Å²) < 4.78 is 0. The van der Waals surface area contributed by atoms with Gasteiger partial charge in [0.2, 0.25) is 5.91 Å². The van der Waals surface area contributed by atoms with Gasteiger partial charge in [-0.15, -0.1) is 0 Å². The lowest BCUT2D eigenvalue weighted by molar-refractivity contribution is -0.116. The number of nitrogens with two attached hydrogens (primary N) is 1. The summed E-state index contributed by atoms with van der Waals surface area (Å²) in [6.45, 7) is 2.07. The highest BCUT2D eigenvalue weighted by Crippen LogP contribution is 1.68.